The fraction of sp³-hybridized carbons (Fsp3) is 0.0769. The summed E-state index contributed by atoms with van der Waals surface area (Å²) in [5, 5.41) is 5.88. The van der Waals surface area contributed by atoms with Gasteiger partial charge in [-0.25, -0.2) is 13.8 Å². The lowest BCUT2D eigenvalue weighted by Gasteiger charge is -2.11. The van der Waals surface area contributed by atoms with Crippen molar-refractivity contribution in [3.05, 3.63) is 113 Å². The zero-order chi connectivity index (χ0) is 24.7. The van der Waals surface area contributed by atoms with Gasteiger partial charge < -0.3 is 4.74 Å². The number of carbonyl (C=O) groups excluding carboxylic acids is 1. The largest absolute Gasteiger partial charge is 0.489 e. The maximum Gasteiger partial charge on any atom is 0.273 e. The van der Waals surface area contributed by atoms with Crippen LogP contribution in [0.4, 0.5) is 5.69 Å². The molecule has 1 aromatic heterocycles. The van der Waals surface area contributed by atoms with Crippen LogP contribution in [-0.4, -0.2) is 20.0 Å². The van der Waals surface area contributed by atoms with Crippen LogP contribution in [0.3, 0.4) is 0 Å². The van der Waals surface area contributed by atoms with Gasteiger partial charge in [0, 0.05) is 5.56 Å². The second-order valence-electron chi connectivity index (χ2n) is 7.52. The van der Waals surface area contributed by atoms with Crippen LogP contribution in [0.2, 0.25) is 0 Å². The predicted octanol–water partition coefficient (Wildman–Crippen LogP) is 5.28. The van der Waals surface area contributed by atoms with Crippen molar-refractivity contribution < 1.29 is 17.9 Å². The number of benzene rings is 3. The third-order valence-electron chi connectivity index (χ3n) is 5.00. The normalized spacial score (nSPS) is 11.6. The SMILES string of the molecule is C/C(=N/NC(=O)c1ccccc1NS(=O)(=O)c1cccs1)c1cccc(OCc2ccccc2)c1. The van der Waals surface area contributed by atoms with Gasteiger partial charge in [0.2, 0.25) is 0 Å². The molecule has 2 N–H and O–H groups in total. The second-order valence-corrected chi connectivity index (χ2v) is 10.4. The van der Waals surface area contributed by atoms with Gasteiger partial charge in [-0.15, -0.1) is 11.3 Å². The Morgan fingerprint density at radius 2 is 1.71 bits per heavy atom. The molecule has 0 radical (unpaired) electrons. The molecule has 35 heavy (non-hydrogen) atoms. The molecule has 0 aliphatic heterocycles. The van der Waals surface area contributed by atoms with Crippen molar-refractivity contribution >= 4 is 38.7 Å². The number of hydrogen-bond donors (Lipinski definition) is 2. The van der Waals surface area contributed by atoms with Gasteiger partial charge in [-0.1, -0.05) is 60.7 Å². The summed E-state index contributed by atoms with van der Waals surface area (Å²) < 4.78 is 33.7. The van der Waals surface area contributed by atoms with Gasteiger partial charge in [0.25, 0.3) is 15.9 Å². The van der Waals surface area contributed by atoms with Crippen LogP contribution in [0.15, 0.2) is 106 Å². The van der Waals surface area contributed by atoms with Crippen LogP contribution in [-0.2, 0) is 16.6 Å². The Balaban J connectivity index is 1.44. The van der Waals surface area contributed by atoms with Gasteiger partial charge in [-0.3, -0.25) is 9.52 Å². The van der Waals surface area contributed by atoms with Crippen LogP contribution >= 0.6 is 11.3 Å². The van der Waals surface area contributed by atoms with Crippen molar-refractivity contribution in [3.63, 3.8) is 0 Å². The quantitative estimate of drug-likeness (QED) is 0.239. The number of ether oxygens (including phenoxy) is 1. The Hall–Kier alpha value is -3.95. The van der Waals surface area contributed by atoms with Crippen LogP contribution in [0.5, 0.6) is 5.75 Å². The minimum Gasteiger partial charge on any atom is -0.489 e. The highest BCUT2D eigenvalue weighted by atomic mass is 32.2. The Morgan fingerprint density at radius 3 is 2.49 bits per heavy atom. The summed E-state index contributed by atoms with van der Waals surface area (Å²) in [5.41, 5.74) is 5.25. The molecule has 0 spiro atoms. The number of thiophene rings is 1. The number of rotatable bonds is 9. The van der Waals surface area contributed by atoms with E-state index >= 15 is 0 Å². The fourth-order valence-corrected chi connectivity index (χ4v) is 5.27. The number of amides is 1. The zero-order valence-corrected chi connectivity index (χ0v) is 20.5. The fourth-order valence-electron chi connectivity index (χ4n) is 3.19. The first-order valence-corrected chi connectivity index (χ1v) is 13.1. The Bertz CT molecular complexity index is 1430. The lowest BCUT2D eigenvalue weighted by Crippen LogP contribution is -2.22. The summed E-state index contributed by atoms with van der Waals surface area (Å²) >= 11 is 1.10. The molecule has 0 aliphatic carbocycles. The van der Waals surface area contributed by atoms with Gasteiger partial charge in [0.1, 0.15) is 16.6 Å². The smallest absolute Gasteiger partial charge is 0.273 e. The molecular weight excluding hydrogens is 482 g/mol. The molecule has 7 nitrogen and oxygen atoms in total. The van der Waals surface area contributed by atoms with Crippen LogP contribution in [0.1, 0.15) is 28.4 Å². The van der Waals surface area contributed by atoms with Crippen molar-refractivity contribution in [2.24, 2.45) is 5.10 Å². The Labute approximate surface area is 208 Å². The number of nitrogens with one attached hydrogen (secondary N) is 2. The van der Waals surface area contributed by atoms with Crippen LogP contribution in [0.25, 0.3) is 0 Å². The molecular formula is C26H23N3O4S2. The monoisotopic (exact) mass is 505 g/mol. The van der Waals surface area contributed by atoms with E-state index in [-0.39, 0.29) is 15.5 Å². The minimum absolute atomic E-state index is 0.157. The molecule has 0 bridgehead atoms. The van der Waals surface area contributed by atoms with E-state index in [1.54, 1.807) is 30.5 Å². The lowest BCUT2D eigenvalue weighted by molar-refractivity contribution is 0.0955. The first-order valence-electron chi connectivity index (χ1n) is 10.7. The van der Waals surface area contributed by atoms with Crippen molar-refractivity contribution in [1.29, 1.82) is 0 Å². The standard InChI is InChI=1S/C26H23N3O4S2/c1-19(21-11-7-12-22(17-21)33-18-20-9-3-2-4-10-20)27-28-26(30)23-13-5-6-14-24(23)29-35(31,32)25-15-8-16-34-25/h2-17,29H,18H2,1H3,(H,28,30)/b27-19-. The van der Waals surface area contributed by atoms with Gasteiger partial charge in [0.05, 0.1) is 17.0 Å². The van der Waals surface area contributed by atoms with E-state index < -0.39 is 15.9 Å². The van der Waals surface area contributed by atoms with E-state index in [1.807, 2.05) is 54.6 Å². The molecule has 0 aliphatic rings. The Kier molecular flexibility index (Phi) is 7.59. The molecule has 0 saturated carbocycles. The highest BCUT2D eigenvalue weighted by Crippen LogP contribution is 2.23. The molecule has 0 unspecified atom stereocenters. The van der Waals surface area contributed by atoms with E-state index in [4.69, 9.17) is 4.74 Å². The molecule has 3 aromatic carbocycles. The number of hydrazone groups is 1. The molecule has 0 atom stereocenters. The molecule has 9 heteroatoms. The summed E-state index contributed by atoms with van der Waals surface area (Å²) in [4.78, 5) is 12.8. The number of carbonyl (C=O) groups is 1. The van der Waals surface area contributed by atoms with E-state index in [1.165, 1.54) is 18.2 Å². The van der Waals surface area contributed by atoms with Crippen molar-refractivity contribution in [1.82, 2.24) is 5.43 Å². The second kappa shape index (κ2) is 11.0. The lowest BCUT2D eigenvalue weighted by atomic mass is 10.1. The summed E-state index contributed by atoms with van der Waals surface area (Å²) in [6, 6.07) is 26.8. The predicted molar refractivity (Wildman–Crippen MR) is 138 cm³/mol. The van der Waals surface area contributed by atoms with Crippen LogP contribution in [0, 0.1) is 0 Å². The number of hydrogen-bond acceptors (Lipinski definition) is 6. The molecule has 1 heterocycles. The molecule has 4 aromatic rings. The highest BCUT2D eigenvalue weighted by molar-refractivity contribution is 7.94. The summed E-state index contributed by atoms with van der Waals surface area (Å²) in [6.45, 7) is 2.21. The average Bonchev–Trinajstić information content (AvgIpc) is 3.43. The van der Waals surface area contributed by atoms with E-state index in [9.17, 15) is 13.2 Å². The highest BCUT2D eigenvalue weighted by Gasteiger charge is 2.19. The van der Waals surface area contributed by atoms with Crippen molar-refractivity contribution in [2.75, 3.05) is 4.72 Å². The third kappa shape index (κ3) is 6.34. The van der Waals surface area contributed by atoms with Gasteiger partial charge >= 0.3 is 0 Å². The van der Waals surface area contributed by atoms with Gasteiger partial charge in [0.15, 0.2) is 0 Å². The van der Waals surface area contributed by atoms with E-state index in [0.29, 0.717) is 18.1 Å². The van der Waals surface area contributed by atoms with Gasteiger partial charge in [-0.05, 0) is 48.2 Å². The molecule has 0 saturated heterocycles. The number of anilines is 1. The molecule has 4 rings (SSSR count). The van der Waals surface area contributed by atoms with E-state index in [0.717, 1.165) is 22.5 Å². The maximum atomic E-state index is 12.8. The van der Waals surface area contributed by atoms with E-state index in [2.05, 4.69) is 15.2 Å². The summed E-state index contributed by atoms with van der Waals surface area (Å²) in [6.07, 6.45) is 0. The summed E-state index contributed by atoms with van der Waals surface area (Å²) in [7, 11) is -3.79. The number of sulfonamides is 1. The van der Waals surface area contributed by atoms with Crippen LogP contribution < -0.4 is 14.9 Å². The maximum absolute atomic E-state index is 12.8. The number of para-hydroxylation sites is 1. The molecule has 178 valence electrons. The Morgan fingerprint density at radius 1 is 0.943 bits per heavy atom. The minimum atomic E-state index is -3.79. The first-order chi connectivity index (χ1) is 16.9. The van der Waals surface area contributed by atoms with Gasteiger partial charge in [-0.2, -0.15) is 5.10 Å². The van der Waals surface area contributed by atoms with Crippen molar-refractivity contribution in [3.8, 4) is 5.75 Å². The number of nitrogens with zero attached hydrogens (tertiary/aromatic N) is 1. The first kappa shape index (κ1) is 24.2. The zero-order valence-electron chi connectivity index (χ0n) is 18.8. The molecule has 1 amide bonds. The molecule has 0 fully saturated rings. The average molecular weight is 506 g/mol. The van der Waals surface area contributed by atoms with Crippen molar-refractivity contribution in [2.45, 2.75) is 17.7 Å². The third-order valence-corrected chi connectivity index (χ3v) is 7.76. The topological polar surface area (TPSA) is 96.9 Å². The summed E-state index contributed by atoms with van der Waals surface area (Å²) in [5.74, 6) is 0.144.